The van der Waals surface area contributed by atoms with Gasteiger partial charge in [-0.25, -0.2) is 8.78 Å². The number of hydrogen-bond acceptors (Lipinski definition) is 2. The third kappa shape index (κ3) is 3.50. The number of aliphatic hydroxyl groups excluding tert-OH is 2. The standard InChI is InChI=1S/C20H16F2O2/c21-17-9-5-15(6-10-17)19(23)13-1-2-14(4-3-13)20(24)16-7-11-18(22)12-8-16/h1-12,19-20,23-24H. The van der Waals surface area contributed by atoms with Gasteiger partial charge in [-0.2, -0.15) is 0 Å². The Labute approximate surface area is 138 Å². The highest BCUT2D eigenvalue weighted by Crippen LogP contribution is 2.26. The van der Waals surface area contributed by atoms with Crippen molar-refractivity contribution < 1.29 is 19.0 Å². The first-order valence-electron chi connectivity index (χ1n) is 7.51. The topological polar surface area (TPSA) is 40.5 Å². The van der Waals surface area contributed by atoms with Gasteiger partial charge in [0, 0.05) is 0 Å². The molecule has 3 aromatic rings. The summed E-state index contributed by atoms with van der Waals surface area (Å²) >= 11 is 0. The van der Waals surface area contributed by atoms with Crippen LogP contribution in [0.4, 0.5) is 8.78 Å². The molecule has 2 atom stereocenters. The van der Waals surface area contributed by atoms with Gasteiger partial charge in [-0.1, -0.05) is 48.5 Å². The normalized spacial score (nSPS) is 13.5. The summed E-state index contributed by atoms with van der Waals surface area (Å²) < 4.78 is 25.9. The Morgan fingerprint density at radius 2 is 0.667 bits per heavy atom. The molecule has 0 aromatic heterocycles. The van der Waals surface area contributed by atoms with E-state index < -0.39 is 12.2 Å². The molecule has 0 saturated carbocycles. The van der Waals surface area contributed by atoms with Crippen LogP contribution in [-0.4, -0.2) is 10.2 Å². The van der Waals surface area contributed by atoms with Crippen molar-refractivity contribution in [2.75, 3.05) is 0 Å². The van der Waals surface area contributed by atoms with E-state index in [-0.39, 0.29) is 11.6 Å². The molecule has 2 nitrogen and oxygen atoms in total. The minimum Gasteiger partial charge on any atom is -0.384 e. The summed E-state index contributed by atoms with van der Waals surface area (Å²) in [6.07, 6.45) is -1.75. The Morgan fingerprint density at radius 1 is 0.458 bits per heavy atom. The average molecular weight is 326 g/mol. The average Bonchev–Trinajstić information content (AvgIpc) is 2.62. The highest BCUT2D eigenvalue weighted by atomic mass is 19.1. The van der Waals surface area contributed by atoms with Crippen LogP contribution in [0.25, 0.3) is 0 Å². The minimum atomic E-state index is -0.873. The molecule has 24 heavy (non-hydrogen) atoms. The van der Waals surface area contributed by atoms with Crippen molar-refractivity contribution in [3.05, 3.63) is 107 Å². The van der Waals surface area contributed by atoms with Gasteiger partial charge in [0.1, 0.15) is 23.8 Å². The summed E-state index contributed by atoms with van der Waals surface area (Å²) in [4.78, 5) is 0. The van der Waals surface area contributed by atoms with Crippen molar-refractivity contribution in [3.8, 4) is 0 Å². The Morgan fingerprint density at radius 3 is 0.917 bits per heavy atom. The first-order valence-corrected chi connectivity index (χ1v) is 7.51. The van der Waals surface area contributed by atoms with Crippen LogP contribution < -0.4 is 0 Å². The molecule has 0 heterocycles. The summed E-state index contributed by atoms with van der Waals surface area (Å²) in [7, 11) is 0. The number of aliphatic hydroxyl groups is 2. The lowest BCUT2D eigenvalue weighted by molar-refractivity contribution is 0.216. The van der Waals surface area contributed by atoms with Gasteiger partial charge in [0.2, 0.25) is 0 Å². The maximum atomic E-state index is 12.9. The van der Waals surface area contributed by atoms with Crippen LogP contribution in [0.15, 0.2) is 72.8 Å². The Kier molecular flexibility index (Phi) is 4.69. The van der Waals surface area contributed by atoms with Gasteiger partial charge in [0.25, 0.3) is 0 Å². The molecule has 0 bridgehead atoms. The first kappa shape index (κ1) is 16.3. The summed E-state index contributed by atoms with van der Waals surface area (Å²) in [5, 5.41) is 20.7. The van der Waals surface area contributed by atoms with Crippen LogP contribution in [0.1, 0.15) is 34.5 Å². The van der Waals surface area contributed by atoms with Gasteiger partial charge < -0.3 is 10.2 Å². The minimum absolute atomic E-state index is 0.358. The smallest absolute Gasteiger partial charge is 0.123 e. The molecule has 0 amide bonds. The largest absolute Gasteiger partial charge is 0.384 e. The van der Waals surface area contributed by atoms with Crippen molar-refractivity contribution in [3.63, 3.8) is 0 Å². The third-order valence-electron chi connectivity index (χ3n) is 3.94. The number of halogens is 2. The van der Waals surface area contributed by atoms with Gasteiger partial charge in [-0.05, 0) is 46.5 Å². The summed E-state index contributed by atoms with van der Waals surface area (Å²) in [5.74, 6) is -0.715. The van der Waals surface area contributed by atoms with Crippen LogP contribution in [-0.2, 0) is 0 Å². The molecule has 0 saturated heterocycles. The molecule has 3 rings (SSSR count). The number of rotatable bonds is 4. The zero-order chi connectivity index (χ0) is 17.1. The van der Waals surface area contributed by atoms with E-state index in [4.69, 9.17) is 0 Å². The van der Waals surface area contributed by atoms with Crippen molar-refractivity contribution in [2.45, 2.75) is 12.2 Å². The van der Waals surface area contributed by atoms with E-state index in [0.29, 0.717) is 22.3 Å². The van der Waals surface area contributed by atoms with E-state index in [1.165, 1.54) is 48.5 Å². The van der Waals surface area contributed by atoms with Gasteiger partial charge in [0.15, 0.2) is 0 Å². The predicted molar refractivity (Wildman–Crippen MR) is 87.4 cm³/mol. The molecule has 122 valence electrons. The Hall–Kier alpha value is -2.56. The van der Waals surface area contributed by atoms with Gasteiger partial charge in [-0.3, -0.25) is 0 Å². The highest BCUT2D eigenvalue weighted by molar-refractivity contribution is 5.35. The highest BCUT2D eigenvalue weighted by Gasteiger charge is 2.14. The van der Waals surface area contributed by atoms with E-state index in [1.807, 2.05) is 0 Å². The molecular formula is C20H16F2O2. The van der Waals surface area contributed by atoms with E-state index in [2.05, 4.69) is 0 Å². The quantitative estimate of drug-likeness (QED) is 0.757. The second kappa shape index (κ2) is 6.91. The monoisotopic (exact) mass is 326 g/mol. The lowest BCUT2D eigenvalue weighted by Gasteiger charge is -2.15. The molecule has 2 unspecified atom stereocenters. The fourth-order valence-electron chi connectivity index (χ4n) is 2.54. The molecular weight excluding hydrogens is 310 g/mol. The van der Waals surface area contributed by atoms with E-state index in [9.17, 15) is 19.0 Å². The fourth-order valence-corrected chi connectivity index (χ4v) is 2.54. The van der Waals surface area contributed by atoms with Crippen LogP contribution in [0, 0.1) is 11.6 Å². The maximum Gasteiger partial charge on any atom is 0.123 e. The Bertz CT molecular complexity index is 726. The second-order valence-corrected chi connectivity index (χ2v) is 5.57. The van der Waals surface area contributed by atoms with Crippen molar-refractivity contribution in [1.82, 2.24) is 0 Å². The van der Waals surface area contributed by atoms with E-state index in [1.54, 1.807) is 24.3 Å². The third-order valence-corrected chi connectivity index (χ3v) is 3.94. The molecule has 0 radical (unpaired) electrons. The molecule has 2 N–H and O–H groups in total. The van der Waals surface area contributed by atoms with E-state index >= 15 is 0 Å². The fraction of sp³-hybridized carbons (Fsp3) is 0.100. The van der Waals surface area contributed by atoms with Crippen molar-refractivity contribution in [1.29, 1.82) is 0 Å². The SMILES string of the molecule is OC(c1ccc(F)cc1)c1ccc(C(O)c2ccc(F)cc2)cc1. The zero-order valence-corrected chi connectivity index (χ0v) is 12.7. The Balaban J connectivity index is 1.79. The summed E-state index contributed by atoms with van der Waals surface area (Å²) in [5.41, 5.74) is 2.44. The van der Waals surface area contributed by atoms with Gasteiger partial charge in [-0.15, -0.1) is 0 Å². The number of hydrogen-bond donors (Lipinski definition) is 2. The molecule has 0 fully saturated rings. The molecule has 4 heteroatoms. The first-order chi connectivity index (χ1) is 11.5. The van der Waals surface area contributed by atoms with Crippen LogP contribution >= 0.6 is 0 Å². The molecule has 0 aliphatic heterocycles. The van der Waals surface area contributed by atoms with Crippen molar-refractivity contribution >= 4 is 0 Å². The lowest BCUT2D eigenvalue weighted by Crippen LogP contribution is -2.02. The molecule has 3 aromatic carbocycles. The molecule has 0 spiro atoms. The predicted octanol–water partition coefficient (Wildman–Crippen LogP) is 4.13. The van der Waals surface area contributed by atoms with Crippen molar-refractivity contribution in [2.24, 2.45) is 0 Å². The van der Waals surface area contributed by atoms with E-state index in [0.717, 1.165) is 0 Å². The maximum absolute atomic E-state index is 12.9. The second-order valence-electron chi connectivity index (χ2n) is 5.57. The molecule has 0 aliphatic rings. The summed E-state index contributed by atoms with van der Waals surface area (Å²) in [6.45, 7) is 0. The van der Waals surface area contributed by atoms with Crippen LogP contribution in [0.5, 0.6) is 0 Å². The molecule has 0 aliphatic carbocycles. The summed E-state index contributed by atoms with van der Waals surface area (Å²) in [6, 6.07) is 18.1. The lowest BCUT2D eigenvalue weighted by atomic mass is 9.97. The van der Waals surface area contributed by atoms with Gasteiger partial charge in [0.05, 0.1) is 0 Å². The van der Waals surface area contributed by atoms with Gasteiger partial charge >= 0.3 is 0 Å². The number of benzene rings is 3. The van der Waals surface area contributed by atoms with Crippen LogP contribution in [0.3, 0.4) is 0 Å². The van der Waals surface area contributed by atoms with Crippen LogP contribution in [0.2, 0.25) is 0 Å². The zero-order valence-electron chi connectivity index (χ0n) is 12.7.